The van der Waals surface area contributed by atoms with E-state index in [1.54, 1.807) is 0 Å². The van der Waals surface area contributed by atoms with Crippen molar-refractivity contribution in [2.75, 3.05) is 7.11 Å². The normalized spacial score (nSPS) is 24.7. The van der Waals surface area contributed by atoms with Gasteiger partial charge in [-0.2, -0.15) is 0 Å². The average Bonchev–Trinajstić information content (AvgIpc) is 2.70. The Morgan fingerprint density at radius 1 is 1.03 bits per heavy atom. The highest BCUT2D eigenvalue weighted by Gasteiger charge is 2.52. The van der Waals surface area contributed by atoms with Crippen LogP contribution >= 0.6 is 0 Å². The molecular weight excluding hydrogens is 396 g/mol. The van der Waals surface area contributed by atoms with Gasteiger partial charge in [0.15, 0.2) is 5.78 Å². The predicted octanol–water partition coefficient (Wildman–Crippen LogP) is 0.807. The van der Waals surface area contributed by atoms with Crippen LogP contribution in [0.15, 0.2) is 18.2 Å². The summed E-state index contributed by atoms with van der Waals surface area (Å²) >= 11 is 0. The molecule has 0 amide bonds. The lowest BCUT2D eigenvalue weighted by Gasteiger charge is -2.40. The third-order valence-electron chi connectivity index (χ3n) is 6.04. The van der Waals surface area contributed by atoms with Gasteiger partial charge in [-0.1, -0.05) is 0 Å². The molecule has 2 aliphatic rings. The van der Waals surface area contributed by atoms with Crippen LogP contribution in [0.25, 0.3) is 0 Å². The topological polar surface area (TPSA) is 162 Å². The molecule has 0 heterocycles. The van der Waals surface area contributed by atoms with Crippen LogP contribution < -0.4 is 0 Å². The third-order valence-corrected chi connectivity index (χ3v) is 6.04. The Balaban J connectivity index is 2.09. The predicted molar refractivity (Wildman–Crippen MR) is 99.7 cm³/mol. The Labute approximate surface area is 169 Å². The Bertz CT molecular complexity index is 1150. The molecule has 0 saturated carbocycles. The summed E-state index contributed by atoms with van der Waals surface area (Å²) in [4.78, 5) is 38.7. The number of ketones is 2. The second-order valence-electron chi connectivity index (χ2n) is 7.58. The van der Waals surface area contributed by atoms with Crippen molar-refractivity contribution in [3.8, 4) is 17.2 Å². The summed E-state index contributed by atoms with van der Waals surface area (Å²) in [5.41, 5.74) is -3.69. The van der Waals surface area contributed by atoms with Crippen molar-refractivity contribution >= 4 is 17.5 Å². The molecule has 30 heavy (non-hydrogen) atoms. The summed E-state index contributed by atoms with van der Waals surface area (Å²) < 4.78 is 4.79. The van der Waals surface area contributed by atoms with Gasteiger partial charge in [-0.05, 0) is 30.7 Å². The van der Waals surface area contributed by atoms with Gasteiger partial charge in [0, 0.05) is 17.5 Å². The Morgan fingerprint density at radius 3 is 2.17 bits per heavy atom. The van der Waals surface area contributed by atoms with E-state index in [0.29, 0.717) is 0 Å². The Hall–Kier alpha value is -3.43. The van der Waals surface area contributed by atoms with Crippen molar-refractivity contribution in [3.63, 3.8) is 0 Å². The van der Waals surface area contributed by atoms with Gasteiger partial charge in [0.1, 0.15) is 22.7 Å². The number of hydrogen-bond acceptors (Lipinski definition) is 9. The van der Waals surface area contributed by atoms with Crippen molar-refractivity contribution in [2.24, 2.45) is 0 Å². The smallest absolute Gasteiger partial charge is 0.318 e. The molecule has 3 atom stereocenters. The molecule has 2 aliphatic carbocycles. The molecule has 4 rings (SSSR count). The van der Waals surface area contributed by atoms with Crippen LogP contribution in [0.5, 0.6) is 17.2 Å². The first-order valence-corrected chi connectivity index (χ1v) is 9.04. The number of ether oxygens (including phenoxy) is 1. The maximum atomic E-state index is 13.1. The first-order valence-electron chi connectivity index (χ1n) is 9.04. The van der Waals surface area contributed by atoms with E-state index >= 15 is 0 Å². The van der Waals surface area contributed by atoms with E-state index < -0.39 is 69.1 Å². The molecule has 9 nitrogen and oxygen atoms in total. The molecule has 0 aliphatic heterocycles. The molecule has 0 radical (unpaired) electrons. The highest BCUT2D eigenvalue weighted by Crippen LogP contribution is 2.50. The monoisotopic (exact) mass is 414 g/mol. The fourth-order valence-corrected chi connectivity index (χ4v) is 4.36. The molecule has 156 valence electrons. The number of methoxy groups -OCH3 is 1. The molecule has 0 aromatic heterocycles. The summed E-state index contributed by atoms with van der Waals surface area (Å²) in [6.07, 6.45) is -3.15. The van der Waals surface area contributed by atoms with E-state index in [9.17, 15) is 39.9 Å². The summed E-state index contributed by atoms with van der Waals surface area (Å²) in [5, 5.41) is 52.1. The van der Waals surface area contributed by atoms with Crippen molar-refractivity contribution in [3.05, 3.63) is 51.6 Å². The number of phenols is 3. The van der Waals surface area contributed by atoms with Gasteiger partial charge in [0.25, 0.3) is 0 Å². The maximum absolute atomic E-state index is 13.1. The zero-order chi connectivity index (χ0) is 22.1. The van der Waals surface area contributed by atoms with Crippen molar-refractivity contribution in [1.82, 2.24) is 0 Å². The first kappa shape index (κ1) is 19.9. The van der Waals surface area contributed by atoms with Crippen LogP contribution in [0, 0.1) is 0 Å². The average molecular weight is 414 g/mol. The second kappa shape index (κ2) is 6.28. The molecule has 0 spiro atoms. The van der Waals surface area contributed by atoms with Gasteiger partial charge in [0.05, 0.1) is 36.0 Å². The van der Waals surface area contributed by atoms with Crippen LogP contribution in [0.4, 0.5) is 0 Å². The summed E-state index contributed by atoms with van der Waals surface area (Å²) in [6.45, 7) is 1.34. The van der Waals surface area contributed by atoms with Gasteiger partial charge >= 0.3 is 5.97 Å². The van der Waals surface area contributed by atoms with E-state index in [0.717, 1.165) is 25.3 Å². The molecular formula is C21H18O9. The summed E-state index contributed by atoms with van der Waals surface area (Å²) in [7, 11) is 1.11. The zero-order valence-corrected chi connectivity index (χ0v) is 16.0. The van der Waals surface area contributed by atoms with E-state index in [4.69, 9.17) is 4.74 Å². The molecule has 2 aromatic carbocycles. The molecule has 0 saturated heterocycles. The number of aromatic hydroxyl groups is 3. The second-order valence-corrected chi connectivity index (χ2v) is 7.58. The highest BCUT2D eigenvalue weighted by atomic mass is 16.5. The Morgan fingerprint density at radius 2 is 1.60 bits per heavy atom. The molecule has 5 N–H and O–H groups in total. The number of fused-ring (bicyclic) bond motifs is 3. The number of phenolic OH excluding ortho intramolecular Hbond substituents is 3. The zero-order valence-electron chi connectivity index (χ0n) is 16.0. The fourth-order valence-electron chi connectivity index (χ4n) is 4.36. The lowest BCUT2D eigenvalue weighted by molar-refractivity contribution is -0.153. The van der Waals surface area contributed by atoms with E-state index in [2.05, 4.69) is 0 Å². The maximum Gasteiger partial charge on any atom is 0.318 e. The molecule has 2 aromatic rings. The van der Waals surface area contributed by atoms with Gasteiger partial charge in [0.2, 0.25) is 5.78 Å². The van der Waals surface area contributed by atoms with Gasteiger partial charge < -0.3 is 30.3 Å². The van der Waals surface area contributed by atoms with Crippen LogP contribution in [0.2, 0.25) is 0 Å². The van der Waals surface area contributed by atoms with Crippen molar-refractivity contribution in [1.29, 1.82) is 0 Å². The van der Waals surface area contributed by atoms with Gasteiger partial charge in [-0.3, -0.25) is 14.4 Å². The molecule has 0 bridgehead atoms. The van der Waals surface area contributed by atoms with Crippen LogP contribution in [0.3, 0.4) is 0 Å². The van der Waals surface area contributed by atoms with Gasteiger partial charge in [-0.15, -0.1) is 0 Å². The number of hydrogen-bond donors (Lipinski definition) is 5. The lowest BCUT2D eigenvalue weighted by Crippen LogP contribution is -2.49. The number of rotatable bonds is 1. The quantitative estimate of drug-likeness (QED) is 0.286. The van der Waals surface area contributed by atoms with E-state index in [1.807, 2.05) is 0 Å². The van der Waals surface area contributed by atoms with Crippen molar-refractivity contribution in [2.45, 2.75) is 31.0 Å². The fraction of sp³-hybridized carbons (Fsp3) is 0.286. The van der Waals surface area contributed by atoms with Crippen molar-refractivity contribution < 1.29 is 44.7 Å². The highest BCUT2D eigenvalue weighted by molar-refractivity contribution is 6.31. The summed E-state index contributed by atoms with van der Waals surface area (Å²) in [6, 6.07) is 3.23. The number of esters is 1. The number of carbonyl (C=O) groups excluding carboxylic acids is 3. The molecule has 1 unspecified atom stereocenters. The molecule has 0 fully saturated rings. The number of aliphatic hydroxyl groups is 2. The standard InChI is InChI=1S/C21H18O9/c1-21(20(29)30-2)8-5-7-13(18(27)14(8)11(24)6-12(21)25)19(28)16-10(23)4-3-9(22)15(16)17(7)26/h3-5,11-12,22-25,27H,6H2,1-2H3/t11-,12-,21?/m0/s1. The first-order chi connectivity index (χ1) is 14.0. The largest absolute Gasteiger partial charge is 0.507 e. The lowest BCUT2D eigenvalue weighted by atomic mass is 9.66. The minimum atomic E-state index is -1.74. The third kappa shape index (κ3) is 2.27. The van der Waals surface area contributed by atoms with E-state index in [-0.39, 0.29) is 23.1 Å². The SMILES string of the molecule is COC(=O)C1(C)c2cc3c(c(O)c2[C@@H](O)C[C@@H]1O)C(=O)c1c(O)ccc(O)c1C3=O. The Kier molecular flexibility index (Phi) is 4.16. The minimum Gasteiger partial charge on any atom is -0.507 e. The number of aliphatic hydroxyl groups excluding tert-OH is 2. The number of benzene rings is 2. The van der Waals surface area contributed by atoms with Crippen LogP contribution in [0.1, 0.15) is 62.4 Å². The van der Waals surface area contributed by atoms with E-state index in [1.165, 1.54) is 6.92 Å². The number of carbonyl (C=O) groups is 3. The minimum absolute atomic E-state index is 0.0684. The van der Waals surface area contributed by atoms with Gasteiger partial charge in [-0.25, -0.2) is 0 Å². The van der Waals surface area contributed by atoms with Crippen LogP contribution in [-0.2, 0) is 14.9 Å². The molecule has 9 heteroatoms. The van der Waals surface area contributed by atoms with Crippen LogP contribution in [-0.4, -0.2) is 56.3 Å². The summed E-state index contributed by atoms with van der Waals surface area (Å²) in [5.74, 6) is -4.49.